The van der Waals surface area contributed by atoms with Crippen molar-refractivity contribution in [3.8, 4) is 0 Å². The minimum atomic E-state index is -1.49. The van der Waals surface area contributed by atoms with E-state index in [9.17, 15) is 9.59 Å². The van der Waals surface area contributed by atoms with E-state index in [-0.39, 0.29) is 6.42 Å². The maximum Gasteiger partial charge on any atom is 0.336 e. The highest BCUT2D eigenvalue weighted by molar-refractivity contribution is 5.86. The quantitative estimate of drug-likeness (QED) is 0.599. The van der Waals surface area contributed by atoms with Gasteiger partial charge in [-0.2, -0.15) is 4.99 Å². The van der Waals surface area contributed by atoms with Crippen molar-refractivity contribution in [1.82, 2.24) is 0 Å². The zero-order valence-corrected chi connectivity index (χ0v) is 8.38. The summed E-state index contributed by atoms with van der Waals surface area (Å²) in [5, 5.41) is 9.12. The predicted octanol–water partition coefficient (Wildman–Crippen LogP) is 1.42. The minimum absolute atomic E-state index is 0.185. The number of carboxylic acid groups (broad SMARTS) is 1. The van der Waals surface area contributed by atoms with Crippen LogP contribution in [0.25, 0.3) is 6.08 Å². The molecule has 4 heteroatoms. The molecule has 0 saturated heterocycles. The van der Waals surface area contributed by atoms with Gasteiger partial charge in [-0.1, -0.05) is 30.3 Å². The van der Waals surface area contributed by atoms with Crippen molar-refractivity contribution in [3.63, 3.8) is 0 Å². The van der Waals surface area contributed by atoms with Gasteiger partial charge in [0.2, 0.25) is 6.08 Å². The minimum Gasteiger partial charge on any atom is -0.479 e. The van der Waals surface area contributed by atoms with E-state index < -0.39 is 11.5 Å². The summed E-state index contributed by atoms with van der Waals surface area (Å²) in [6.45, 7) is 0. The highest BCUT2D eigenvalue weighted by Gasteiger charge is 2.38. The van der Waals surface area contributed by atoms with E-state index in [1.54, 1.807) is 6.08 Å². The van der Waals surface area contributed by atoms with Crippen LogP contribution in [-0.2, 0) is 16.0 Å². The molecule has 1 unspecified atom stereocenters. The number of aliphatic carboxylic acids is 1. The maximum atomic E-state index is 11.2. The molecule has 1 aliphatic carbocycles. The van der Waals surface area contributed by atoms with Crippen LogP contribution in [0.2, 0.25) is 0 Å². The van der Waals surface area contributed by atoms with E-state index >= 15 is 0 Å². The number of carbonyl (C=O) groups excluding carboxylic acids is 1. The first kappa shape index (κ1) is 10.3. The number of rotatable bonds is 2. The molecule has 0 radical (unpaired) electrons. The molecule has 0 heterocycles. The molecule has 1 aromatic rings. The highest BCUT2D eigenvalue weighted by Crippen LogP contribution is 2.28. The lowest BCUT2D eigenvalue weighted by atomic mass is 9.84. The first-order valence-electron chi connectivity index (χ1n) is 4.77. The van der Waals surface area contributed by atoms with Gasteiger partial charge in [-0.15, -0.1) is 0 Å². The SMILES string of the molecule is O=C=NC1(C(=O)O)C=Cc2ccccc2C1. The molecule has 1 aliphatic rings. The van der Waals surface area contributed by atoms with Crippen LogP contribution >= 0.6 is 0 Å². The van der Waals surface area contributed by atoms with Crippen LogP contribution in [0.3, 0.4) is 0 Å². The molecule has 16 heavy (non-hydrogen) atoms. The number of hydrogen-bond acceptors (Lipinski definition) is 3. The molecule has 1 N–H and O–H groups in total. The Kier molecular flexibility index (Phi) is 2.43. The fourth-order valence-corrected chi connectivity index (χ4v) is 1.79. The number of aliphatic imine (C=N–C) groups is 1. The third-order valence-corrected chi connectivity index (χ3v) is 2.67. The number of fused-ring (bicyclic) bond motifs is 1. The van der Waals surface area contributed by atoms with E-state index in [4.69, 9.17) is 5.11 Å². The van der Waals surface area contributed by atoms with E-state index in [2.05, 4.69) is 4.99 Å². The van der Waals surface area contributed by atoms with Gasteiger partial charge in [0.25, 0.3) is 0 Å². The lowest BCUT2D eigenvalue weighted by molar-refractivity contribution is -0.141. The smallest absolute Gasteiger partial charge is 0.336 e. The average Bonchev–Trinajstić information content (AvgIpc) is 2.29. The molecule has 1 atom stereocenters. The maximum absolute atomic E-state index is 11.2. The molecule has 0 amide bonds. The fourth-order valence-electron chi connectivity index (χ4n) is 1.79. The van der Waals surface area contributed by atoms with Crippen LogP contribution in [0, 0.1) is 0 Å². The monoisotopic (exact) mass is 215 g/mol. The molecule has 0 aliphatic heterocycles. The van der Waals surface area contributed by atoms with Crippen molar-refractivity contribution in [2.45, 2.75) is 12.0 Å². The van der Waals surface area contributed by atoms with Gasteiger partial charge in [0, 0.05) is 6.42 Å². The Hall–Kier alpha value is -2.19. The largest absolute Gasteiger partial charge is 0.479 e. The molecule has 0 spiro atoms. The summed E-state index contributed by atoms with van der Waals surface area (Å²) < 4.78 is 0. The van der Waals surface area contributed by atoms with Crippen molar-refractivity contribution >= 4 is 18.1 Å². The second-order valence-corrected chi connectivity index (χ2v) is 3.64. The predicted molar refractivity (Wildman–Crippen MR) is 57.7 cm³/mol. The molecule has 0 aromatic heterocycles. The summed E-state index contributed by atoms with van der Waals surface area (Å²) in [6, 6.07) is 7.42. The van der Waals surface area contributed by atoms with Crippen molar-refractivity contribution in [3.05, 3.63) is 41.5 Å². The molecule has 0 bridgehead atoms. The van der Waals surface area contributed by atoms with Gasteiger partial charge in [0.05, 0.1) is 0 Å². The summed E-state index contributed by atoms with van der Waals surface area (Å²) in [5.41, 5.74) is 0.336. The molecule has 80 valence electrons. The Morgan fingerprint density at radius 3 is 2.88 bits per heavy atom. The zero-order valence-electron chi connectivity index (χ0n) is 8.38. The number of nitrogens with zero attached hydrogens (tertiary/aromatic N) is 1. The van der Waals surface area contributed by atoms with E-state index in [0.717, 1.165) is 11.1 Å². The Morgan fingerprint density at radius 1 is 1.44 bits per heavy atom. The van der Waals surface area contributed by atoms with Crippen LogP contribution in [0.5, 0.6) is 0 Å². The normalized spacial score (nSPS) is 22.0. The number of benzene rings is 1. The summed E-state index contributed by atoms with van der Waals surface area (Å²) in [7, 11) is 0. The van der Waals surface area contributed by atoms with Gasteiger partial charge in [0.1, 0.15) is 0 Å². The number of carbonyl (C=O) groups is 1. The summed E-state index contributed by atoms with van der Waals surface area (Å²) in [4.78, 5) is 24.9. The summed E-state index contributed by atoms with van der Waals surface area (Å²) in [6.07, 6.45) is 4.63. The average molecular weight is 215 g/mol. The van der Waals surface area contributed by atoms with Crippen molar-refractivity contribution in [2.75, 3.05) is 0 Å². The highest BCUT2D eigenvalue weighted by atomic mass is 16.4. The third kappa shape index (κ3) is 1.55. The fraction of sp³-hybridized carbons (Fsp3) is 0.167. The standard InChI is InChI=1S/C12H9NO3/c14-8-13-12(11(15)16)6-5-9-3-1-2-4-10(9)7-12/h1-6H,7H2,(H,15,16). The molecule has 0 saturated carbocycles. The van der Waals surface area contributed by atoms with E-state index in [1.807, 2.05) is 24.3 Å². The Bertz CT molecular complexity index is 511. The van der Waals surface area contributed by atoms with E-state index in [1.165, 1.54) is 12.2 Å². The number of carboxylic acids is 1. The van der Waals surface area contributed by atoms with Gasteiger partial charge in [0.15, 0.2) is 5.54 Å². The Morgan fingerprint density at radius 2 is 2.19 bits per heavy atom. The first-order valence-corrected chi connectivity index (χ1v) is 4.77. The van der Waals surface area contributed by atoms with Gasteiger partial charge in [-0.3, -0.25) is 0 Å². The summed E-state index contributed by atoms with van der Waals surface area (Å²) in [5.74, 6) is -1.14. The van der Waals surface area contributed by atoms with Crippen LogP contribution in [0.4, 0.5) is 0 Å². The lowest BCUT2D eigenvalue weighted by Gasteiger charge is -2.24. The Balaban J connectivity index is 2.51. The molecule has 0 fully saturated rings. The molecule has 4 nitrogen and oxygen atoms in total. The van der Waals surface area contributed by atoms with Gasteiger partial charge < -0.3 is 5.11 Å². The molecular formula is C12H9NO3. The van der Waals surface area contributed by atoms with E-state index in [0.29, 0.717) is 0 Å². The lowest BCUT2D eigenvalue weighted by Crippen LogP contribution is -2.38. The molecular weight excluding hydrogens is 206 g/mol. The van der Waals surface area contributed by atoms with Crippen LogP contribution in [0.1, 0.15) is 11.1 Å². The van der Waals surface area contributed by atoms with Crippen LogP contribution in [0.15, 0.2) is 35.3 Å². The van der Waals surface area contributed by atoms with Gasteiger partial charge in [-0.05, 0) is 17.2 Å². The van der Waals surface area contributed by atoms with Crippen molar-refractivity contribution in [1.29, 1.82) is 0 Å². The van der Waals surface area contributed by atoms with Crippen LogP contribution < -0.4 is 0 Å². The topological polar surface area (TPSA) is 66.7 Å². The van der Waals surface area contributed by atoms with Crippen molar-refractivity contribution in [2.24, 2.45) is 4.99 Å². The summed E-state index contributed by atoms with van der Waals surface area (Å²) >= 11 is 0. The van der Waals surface area contributed by atoms with Gasteiger partial charge in [-0.25, -0.2) is 9.59 Å². The second-order valence-electron chi connectivity index (χ2n) is 3.64. The number of hydrogen-bond donors (Lipinski definition) is 1. The van der Waals surface area contributed by atoms with Gasteiger partial charge >= 0.3 is 5.97 Å². The zero-order chi connectivity index (χ0) is 11.6. The molecule has 1 aromatic carbocycles. The van der Waals surface area contributed by atoms with Crippen molar-refractivity contribution < 1.29 is 14.7 Å². The van der Waals surface area contributed by atoms with Crippen LogP contribution in [-0.4, -0.2) is 22.7 Å². The number of isocyanates is 1. The Labute approximate surface area is 91.9 Å². The molecule has 2 rings (SSSR count). The second kappa shape index (κ2) is 3.76. The first-order chi connectivity index (χ1) is 7.68. The third-order valence-electron chi connectivity index (χ3n) is 2.67.